The van der Waals surface area contributed by atoms with Gasteiger partial charge >= 0.3 is 6.03 Å². The first kappa shape index (κ1) is 28.7. The van der Waals surface area contributed by atoms with Crippen LogP contribution in [-0.2, 0) is 0 Å². The number of nitrogens with one attached hydrogen (secondary N) is 3. The molecule has 0 saturated carbocycles. The number of amides is 3. The van der Waals surface area contributed by atoms with Crippen molar-refractivity contribution in [3.8, 4) is 17.2 Å². The minimum Gasteiger partial charge on any atom is -0.507 e. The number of urea groups is 1. The summed E-state index contributed by atoms with van der Waals surface area (Å²) < 4.78 is 10.9. The van der Waals surface area contributed by atoms with Crippen molar-refractivity contribution in [2.24, 2.45) is 0 Å². The molecule has 41 heavy (non-hydrogen) atoms. The Hall–Kier alpha value is -5.31. The van der Waals surface area contributed by atoms with Crippen molar-refractivity contribution in [2.75, 3.05) is 31.4 Å². The molecular weight excluding hydrogens is 522 g/mol. The number of phenols is 1. The van der Waals surface area contributed by atoms with Crippen LogP contribution in [0.5, 0.6) is 17.2 Å². The third-order valence-electron chi connectivity index (χ3n) is 6.53. The van der Waals surface area contributed by atoms with Crippen LogP contribution >= 0.6 is 0 Å². The van der Waals surface area contributed by atoms with Crippen LogP contribution in [0, 0.1) is 0 Å². The fourth-order valence-corrected chi connectivity index (χ4v) is 4.46. The molecule has 0 saturated heterocycles. The highest BCUT2D eigenvalue weighted by Gasteiger charge is 2.24. The SMILES string of the molecule is COc1cc(C(C)=O)c(C(CNC(=O)c2ccccc2O)c2ccc(NC(=O)Nc3ccccc3)cc2)cc1OC. The Balaban J connectivity index is 1.65. The number of carbonyl (C=O) groups excluding carboxylic acids is 3. The second-order valence-corrected chi connectivity index (χ2v) is 9.20. The summed E-state index contributed by atoms with van der Waals surface area (Å²) in [5, 5.41) is 18.6. The molecule has 1 unspecified atom stereocenters. The summed E-state index contributed by atoms with van der Waals surface area (Å²) in [6, 6.07) is 25.4. The van der Waals surface area contributed by atoms with Crippen LogP contribution in [0.4, 0.5) is 16.2 Å². The number of anilines is 2. The fourth-order valence-electron chi connectivity index (χ4n) is 4.46. The van der Waals surface area contributed by atoms with Crippen molar-refractivity contribution >= 4 is 29.1 Å². The number of ether oxygens (including phenoxy) is 2. The highest BCUT2D eigenvalue weighted by atomic mass is 16.5. The third-order valence-corrected chi connectivity index (χ3v) is 6.53. The molecule has 0 heterocycles. The van der Waals surface area contributed by atoms with E-state index in [-0.39, 0.29) is 23.6 Å². The van der Waals surface area contributed by atoms with Gasteiger partial charge in [-0.05, 0) is 66.6 Å². The van der Waals surface area contributed by atoms with Gasteiger partial charge in [-0.1, -0.05) is 42.5 Å². The maximum atomic E-state index is 13.0. The quantitative estimate of drug-likeness (QED) is 0.183. The molecular formula is C32H31N3O6. The van der Waals surface area contributed by atoms with Crippen LogP contribution in [0.25, 0.3) is 0 Å². The molecule has 0 aliphatic rings. The van der Waals surface area contributed by atoms with Crippen LogP contribution in [0.3, 0.4) is 0 Å². The number of hydrogen-bond acceptors (Lipinski definition) is 6. The number of hydrogen-bond donors (Lipinski definition) is 4. The monoisotopic (exact) mass is 553 g/mol. The number of carbonyl (C=O) groups is 3. The van der Waals surface area contributed by atoms with Crippen LogP contribution < -0.4 is 25.4 Å². The van der Waals surface area contributed by atoms with E-state index in [1.54, 1.807) is 48.5 Å². The number of para-hydroxylation sites is 2. The van der Waals surface area contributed by atoms with Gasteiger partial charge in [0.15, 0.2) is 17.3 Å². The van der Waals surface area contributed by atoms with Crippen LogP contribution in [0.2, 0.25) is 0 Å². The molecule has 9 heteroatoms. The topological polar surface area (TPSA) is 126 Å². The number of benzene rings is 4. The summed E-state index contributed by atoms with van der Waals surface area (Å²) in [6.45, 7) is 1.56. The number of aromatic hydroxyl groups is 1. The Labute approximate surface area is 238 Å². The minimum absolute atomic E-state index is 0.101. The van der Waals surface area contributed by atoms with Crippen LogP contribution in [0.15, 0.2) is 91.0 Å². The normalized spacial score (nSPS) is 11.2. The standard InChI is InChI=1S/C32H31N3O6/c1-20(36)25-17-29(40-2)30(41-3)18-26(25)27(19-33-31(38)24-11-7-8-12-28(24)37)21-13-15-23(16-14-21)35-32(39)34-22-9-5-4-6-10-22/h4-18,27,37H,19H2,1-3H3,(H,33,38)(H2,34,35,39). The van der Waals surface area contributed by atoms with E-state index >= 15 is 0 Å². The molecule has 1 atom stereocenters. The molecule has 4 aromatic rings. The molecule has 0 fully saturated rings. The molecule has 4 aromatic carbocycles. The average molecular weight is 554 g/mol. The van der Waals surface area contributed by atoms with Crippen molar-refractivity contribution in [3.05, 3.63) is 113 Å². The van der Waals surface area contributed by atoms with E-state index in [1.165, 1.54) is 33.3 Å². The lowest BCUT2D eigenvalue weighted by Crippen LogP contribution is -2.29. The van der Waals surface area contributed by atoms with Gasteiger partial charge < -0.3 is 30.5 Å². The van der Waals surface area contributed by atoms with E-state index in [0.717, 1.165) is 5.56 Å². The van der Waals surface area contributed by atoms with Gasteiger partial charge in [0.2, 0.25) is 0 Å². The van der Waals surface area contributed by atoms with Crippen molar-refractivity contribution < 1.29 is 29.0 Å². The second kappa shape index (κ2) is 13.2. The Morgan fingerprint density at radius 2 is 1.34 bits per heavy atom. The lowest BCUT2D eigenvalue weighted by Gasteiger charge is -2.23. The molecule has 0 aromatic heterocycles. The van der Waals surface area contributed by atoms with E-state index < -0.39 is 17.9 Å². The fraction of sp³-hybridized carbons (Fsp3) is 0.156. The van der Waals surface area contributed by atoms with Gasteiger partial charge in [0, 0.05) is 29.4 Å². The van der Waals surface area contributed by atoms with E-state index in [0.29, 0.717) is 34.0 Å². The summed E-state index contributed by atoms with van der Waals surface area (Å²) in [6.07, 6.45) is 0. The number of rotatable bonds is 10. The largest absolute Gasteiger partial charge is 0.507 e. The summed E-state index contributed by atoms with van der Waals surface area (Å²) in [5.74, 6) is -0.442. The first-order valence-electron chi connectivity index (χ1n) is 12.9. The highest BCUT2D eigenvalue weighted by molar-refractivity contribution is 6.00. The molecule has 210 valence electrons. The molecule has 4 rings (SSSR count). The van der Waals surface area contributed by atoms with Gasteiger partial charge in [-0.15, -0.1) is 0 Å². The first-order chi connectivity index (χ1) is 19.8. The Morgan fingerprint density at radius 3 is 1.95 bits per heavy atom. The predicted molar refractivity (Wildman–Crippen MR) is 157 cm³/mol. The van der Waals surface area contributed by atoms with Crippen molar-refractivity contribution in [2.45, 2.75) is 12.8 Å². The van der Waals surface area contributed by atoms with E-state index in [9.17, 15) is 19.5 Å². The van der Waals surface area contributed by atoms with Crippen molar-refractivity contribution in [1.82, 2.24) is 5.32 Å². The Bertz CT molecular complexity index is 1540. The van der Waals surface area contributed by atoms with Gasteiger partial charge in [-0.25, -0.2) is 4.79 Å². The predicted octanol–water partition coefficient (Wildman–Crippen LogP) is 5.82. The molecule has 0 aliphatic carbocycles. The molecule has 0 bridgehead atoms. The zero-order valence-corrected chi connectivity index (χ0v) is 22.9. The number of Topliss-reactive ketones (excluding diaryl/α,β-unsaturated/α-hetero) is 1. The Morgan fingerprint density at radius 1 is 0.756 bits per heavy atom. The zero-order chi connectivity index (χ0) is 29.4. The number of phenolic OH excluding ortho intramolecular Hbond substituents is 1. The molecule has 4 N–H and O–H groups in total. The molecule has 3 amide bonds. The van der Waals surface area contributed by atoms with Crippen molar-refractivity contribution in [1.29, 1.82) is 0 Å². The Kier molecular flexibility index (Phi) is 9.21. The van der Waals surface area contributed by atoms with Crippen molar-refractivity contribution in [3.63, 3.8) is 0 Å². The van der Waals surface area contributed by atoms with Gasteiger partial charge in [0.25, 0.3) is 5.91 Å². The van der Waals surface area contributed by atoms with Crippen LogP contribution in [-0.4, -0.2) is 43.6 Å². The van der Waals surface area contributed by atoms with Gasteiger partial charge in [-0.3, -0.25) is 9.59 Å². The smallest absolute Gasteiger partial charge is 0.323 e. The van der Waals surface area contributed by atoms with Gasteiger partial charge in [0.05, 0.1) is 19.8 Å². The number of ketones is 1. The lowest BCUT2D eigenvalue weighted by atomic mass is 9.86. The van der Waals surface area contributed by atoms with Crippen LogP contribution in [0.1, 0.15) is 44.7 Å². The summed E-state index contributed by atoms with van der Waals surface area (Å²) >= 11 is 0. The second-order valence-electron chi connectivity index (χ2n) is 9.20. The van der Waals surface area contributed by atoms with E-state index in [2.05, 4.69) is 16.0 Å². The molecule has 0 radical (unpaired) electrons. The summed E-state index contributed by atoms with van der Waals surface area (Å²) in [7, 11) is 3.00. The number of methoxy groups -OCH3 is 2. The average Bonchev–Trinajstić information content (AvgIpc) is 2.98. The summed E-state index contributed by atoms with van der Waals surface area (Å²) in [4.78, 5) is 38.2. The summed E-state index contributed by atoms with van der Waals surface area (Å²) in [5.41, 5.74) is 3.15. The molecule has 0 aliphatic heterocycles. The maximum Gasteiger partial charge on any atom is 0.323 e. The van der Waals surface area contributed by atoms with Gasteiger partial charge in [0.1, 0.15) is 5.75 Å². The van der Waals surface area contributed by atoms with E-state index in [4.69, 9.17) is 9.47 Å². The third kappa shape index (κ3) is 7.02. The molecule has 9 nitrogen and oxygen atoms in total. The van der Waals surface area contributed by atoms with Gasteiger partial charge in [-0.2, -0.15) is 0 Å². The maximum absolute atomic E-state index is 13.0. The molecule has 0 spiro atoms. The minimum atomic E-state index is -0.490. The lowest BCUT2D eigenvalue weighted by molar-refractivity contribution is 0.0949. The zero-order valence-electron chi connectivity index (χ0n) is 22.9. The first-order valence-corrected chi connectivity index (χ1v) is 12.9. The highest BCUT2D eigenvalue weighted by Crippen LogP contribution is 2.37. The van der Waals surface area contributed by atoms with E-state index in [1.807, 2.05) is 30.3 Å².